The number of carboxylic acids is 1. The summed E-state index contributed by atoms with van der Waals surface area (Å²) in [6, 6.07) is 1.69. The van der Waals surface area contributed by atoms with Gasteiger partial charge < -0.3 is 5.11 Å². The molecule has 1 atom stereocenters. The van der Waals surface area contributed by atoms with E-state index < -0.39 is 5.97 Å². The van der Waals surface area contributed by atoms with Crippen LogP contribution in [0.3, 0.4) is 0 Å². The molecule has 0 aromatic rings. The molecule has 1 rings (SSSR count). The van der Waals surface area contributed by atoms with Gasteiger partial charge in [0.2, 0.25) is 0 Å². The number of hydrogen-bond donors (Lipinski definition) is 1. The number of hydrogen-bond acceptors (Lipinski definition) is 2. The Kier molecular flexibility index (Phi) is 3.27. The second kappa shape index (κ2) is 4.46. The largest absolute Gasteiger partial charge is 0.477 e. The van der Waals surface area contributed by atoms with E-state index in [2.05, 4.69) is 6.08 Å². The van der Waals surface area contributed by atoms with E-state index in [4.69, 9.17) is 10.4 Å². The molecule has 0 fully saturated rings. The zero-order valence-corrected chi connectivity index (χ0v) is 7.23. The highest BCUT2D eigenvalue weighted by Crippen LogP contribution is 2.20. The Bertz CT molecular complexity index is 297. The van der Waals surface area contributed by atoms with E-state index in [-0.39, 0.29) is 11.5 Å². The smallest absolute Gasteiger partial charge is 0.346 e. The zero-order valence-electron chi connectivity index (χ0n) is 7.23. The van der Waals surface area contributed by atoms with Gasteiger partial charge in [0.25, 0.3) is 0 Å². The average molecular weight is 177 g/mol. The van der Waals surface area contributed by atoms with Crippen LogP contribution in [0.25, 0.3) is 0 Å². The molecule has 0 heterocycles. The molecule has 3 heteroatoms. The Morgan fingerprint density at radius 1 is 1.62 bits per heavy atom. The van der Waals surface area contributed by atoms with Gasteiger partial charge in [0, 0.05) is 0 Å². The molecule has 0 amide bonds. The van der Waals surface area contributed by atoms with Gasteiger partial charge in [-0.25, -0.2) is 4.79 Å². The Balaban J connectivity index is 2.68. The van der Waals surface area contributed by atoms with Crippen LogP contribution in [0.5, 0.6) is 0 Å². The van der Waals surface area contributed by atoms with Crippen molar-refractivity contribution in [3.63, 3.8) is 0 Å². The van der Waals surface area contributed by atoms with E-state index in [1.807, 2.05) is 6.08 Å². The summed E-state index contributed by atoms with van der Waals surface area (Å²) < 4.78 is 0. The van der Waals surface area contributed by atoms with E-state index >= 15 is 0 Å². The number of allylic oxidation sites excluding steroid dienone is 3. The van der Waals surface area contributed by atoms with Crippen LogP contribution in [-0.4, -0.2) is 11.1 Å². The molecular weight excluding hydrogens is 166 g/mol. The lowest BCUT2D eigenvalue weighted by molar-refractivity contribution is -0.132. The highest BCUT2D eigenvalue weighted by Gasteiger charge is 2.12. The molecule has 0 bridgehead atoms. The lowest BCUT2D eigenvalue weighted by Crippen LogP contribution is -2.04. The van der Waals surface area contributed by atoms with E-state index in [9.17, 15) is 4.79 Å². The second-order valence-electron chi connectivity index (χ2n) is 3.04. The maximum atomic E-state index is 10.5. The Hall–Kier alpha value is -1.56. The summed E-state index contributed by atoms with van der Waals surface area (Å²) in [4.78, 5) is 10.5. The number of nitrogens with zero attached hydrogens (tertiary/aromatic N) is 1. The van der Waals surface area contributed by atoms with Crippen LogP contribution in [0, 0.1) is 17.2 Å². The predicted octanol–water partition coefficient (Wildman–Crippen LogP) is 1.88. The minimum Gasteiger partial charge on any atom is -0.477 e. The minimum absolute atomic E-state index is 0.139. The number of aliphatic carboxylic acids is 1. The normalized spacial score (nSPS) is 22.4. The molecule has 0 aromatic heterocycles. The number of carbonyl (C=O) groups is 1. The average Bonchev–Trinajstić information content (AvgIpc) is 2.15. The van der Waals surface area contributed by atoms with Crippen LogP contribution < -0.4 is 0 Å². The van der Waals surface area contributed by atoms with Gasteiger partial charge in [-0.3, -0.25) is 0 Å². The zero-order chi connectivity index (χ0) is 9.68. The van der Waals surface area contributed by atoms with Crippen molar-refractivity contribution in [2.24, 2.45) is 5.92 Å². The van der Waals surface area contributed by atoms with Gasteiger partial charge >= 0.3 is 5.97 Å². The van der Waals surface area contributed by atoms with Gasteiger partial charge in [-0.2, -0.15) is 5.26 Å². The van der Waals surface area contributed by atoms with Crippen molar-refractivity contribution >= 4 is 5.97 Å². The number of nitriles is 1. The molecule has 0 aliphatic heterocycles. The van der Waals surface area contributed by atoms with Crippen molar-refractivity contribution in [3.05, 3.63) is 23.8 Å². The fourth-order valence-corrected chi connectivity index (χ4v) is 1.36. The van der Waals surface area contributed by atoms with Crippen molar-refractivity contribution in [1.29, 1.82) is 5.26 Å². The van der Waals surface area contributed by atoms with Crippen molar-refractivity contribution in [2.45, 2.75) is 19.3 Å². The highest BCUT2D eigenvalue weighted by atomic mass is 16.4. The van der Waals surface area contributed by atoms with E-state index in [1.54, 1.807) is 12.1 Å². The van der Waals surface area contributed by atoms with Crippen LogP contribution in [0.15, 0.2) is 23.8 Å². The van der Waals surface area contributed by atoms with Crippen LogP contribution >= 0.6 is 0 Å². The van der Waals surface area contributed by atoms with E-state index in [0.29, 0.717) is 0 Å². The summed E-state index contributed by atoms with van der Waals surface area (Å²) in [6.45, 7) is 0. The molecule has 0 saturated carbocycles. The van der Waals surface area contributed by atoms with E-state index in [1.165, 1.54) is 0 Å². The van der Waals surface area contributed by atoms with Crippen molar-refractivity contribution in [2.75, 3.05) is 0 Å². The minimum atomic E-state index is -1.13. The summed E-state index contributed by atoms with van der Waals surface area (Å²) in [7, 11) is 0. The first-order valence-electron chi connectivity index (χ1n) is 4.24. The molecule has 68 valence electrons. The third kappa shape index (κ3) is 2.75. The standard InChI is InChI=1S/C10H11NO2/c11-7-9(10(12)13)6-8-4-2-1-3-5-8/h1-2,6,8H,3-5H2,(H,12,13)/b9-6+. The van der Waals surface area contributed by atoms with Gasteiger partial charge in [0.1, 0.15) is 11.6 Å². The van der Waals surface area contributed by atoms with Crippen LogP contribution in [0.4, 0.5) is 0 Å². The van der Waals surface area contributed by atoms with Gasteiger partial charge in [-0.05, 0) is 25.2 Å². The third-order valence-corrected chi connectivity index (χ3v) is 2.06. The number of rotatable bonds is 2. The van der Waals surface area contributed by atoms with Gasteiger partial charge in [0.05, 0.1) is 0 Å². The molecule has 1 aliphatic carbocycles. The molecule has 0 spiro atoms. The first-order valence-corrected chi connectivity index (χ1v) is 4.24. The van der Waals surface area contributed by atoms with Crippen molar-refractivity contribution < 1.29 is 9.90 Å². The van der Waals surface area contributed by atoms with Crippen LogP contribution in [-0.2, 0) is 4.79 Å². The summed E-state index contributed by atoms with van der Waals surface area (Å²) in [6.07, 6.45) is 8.43. The Morgan fingerprint density at radius 3 is 2.85 bits per heavy atom. The molecule has 0 radical (unpaired) electrons. The Labute approximate surface area is 77.0 Å². The summed E-state index contributed by atoms with van der Waals surface area (Å²) in [5.74, 6) is -0.909. The van der Waals surface area contributed by atoms with Crippen molar-refractivity contribution in [3.8, 4) is 6.07 Å². The van der Waals surface area contributed by atoms with Crippen LogP contribution in [0.2, 0.25) is 0 Å². The molecule has 13 heavy (non-hydrogen) atoms. The maximum absolute atomic E-state index is 10.5. The molecule has 1 aliphatic rings. The summed E-state index contributed by atoms with van der Waals surface area (Å²) in [5.41, 5.74) is -0.139. The fraction of sp³-hybridized carbons (Fsp3) is 0.400. The molecule has 0 aromatic carbocycles. The molecular formula is C10H11NO2. The molecule has 1 N–H and O–H groups in total. The molecule has 0 saturated heterocycles. The van der Waals surface area contributed by atoms with E-state index in [0.717, 1.165) is 19.3 Å². The predicted molar refractivity (Wildman–Crippen MR) is 47.8 cm³/mol. The highest BCUT2D eigenvalue weighted by molar-refractivity contribution is 5.90. The molecule has 1 unspecified atom stereocenters. The lowest BCUT2D eigenvalue weighted by atomic mass is 9.92. The van der Waals surface area contributed by atoms with Crippen LogP contribution in [0.1, 0.15) is 19.3 Å². The quantitative estimate of drug-likeness (QED) is 0.398. The summed E-state index contributed by atoms with van der Waals surface area (Å²) in [5, 5.41) is 17.1. The van der Waals surface area contributed by atoms with Crippen molar-refractivity contribution in [1.82, 2.24) is 0 Å². The first-order chi connectivity index (χ1) is 6.24. The monoisotopic (exact) mass is 177 g/mol. The maximum Gasteiger partial charge on any atom is 0.346 e. The Morgan fingerprint density at radius 2 is 2.38 bits per heavy atom. The van der Waals surface area contributed by atoms with Gasteiger partial charge in [-0.1, -0.05) is 18.2 Å². The van der Waals surface area contributed by atoms with Gasteiger partial charge in [-0.15, -0.1) is 0 Å². The lowest BCUT2D eigenvalue weighted by Gasteiger charge is -2.12. The topological polar surface area (TPSA) is 61.1 Å². The second-order valence-corrected chi connectivity index (χ2v) is 3.04. The number of carboxylic acid groups (broad SMARTS) is 1. The molecule has 3 nitrogen and oxygen atoms in total. The first kappa shape index (κ1) is 9.53. The fourth-order valence-electron chi connectivity index (χ4n) is 1.36. The summed E-state index contributed by atoms with van der Waals surface area (Å²) >= 11 is 0. The van der Waals surface area contributed by atoms with Gasteiger partial charge in [0.15, 0.2) is 0 Å². The third-order valence-electron chi connectivity index (χ3n) is 2.06. The SMILES string of the molecule is N#C/C(=C\C1CC=CCC1)C(=O)O.